The fourth-order valence-electron chi connectivity index (χ4n) is 4.19. The van der Waals surface area contributed by atoms with Crippen LogP contribution in [0.4, 0.5) is 4.79 Å². The molecule has 1 aromatic rings. The summed E-state index contributed by atoms with van der Waals surface area (Å²) in [5.74, 6) is 1.77. The Morgan fingerprint density at radius 1 is 1.12 bits per heavy atom. The van der Waals surface area contributed by atoms with Gasteiger partial charge in [-0.1, -0.05) is 37.8 Å². The lowest BCUT2D eigenvalue weighted by atomic mass is 9.83. The van der Waals surface area contributed by atoms with Gasteiger partial charge in [0.1, 0.15) is 5.75 Å². The quantitative estimate of drug-likeness (QED) is 0.819. The van der Waals surface area contributed by atoms with Crippen LogP contribution in [0.15, 0.2) is 24.3 Å². The molecule has 1 saturated carbocycles. The summed E-state index contributed by atoms with van der Waals surface area (Å²) in [6.07, 6.45) is 7.79. The highest BCUT2D eigenvalue weighted by Gasteiger charge is 2.29. The maximum absolute atomic E-state index is 12.4. The minimum absolute atomic E-state index is 0.00155. The summed E-state index contributed by atoms with van der Waals surface area (Å²) < 4.78 is 5.29. The minimum Gasteiger partial charge on any atom is -0.484 e. The van der Waals surface area contributed by atoms with Crippen molar-refractivity contribution < 1.29 is 14.3 Å². The molecule has 0 aromatic heterocycles. The van der Waals surface area contributed by atoms with Gasteiger partial charge in [-0.15, -0.1) is 0 Å². The van der Waals surface area contributed by atoms with Gasteiger partial charge >= 0.3 is 6.03 Å². The molecule has 3 rings (SSSR count). The molecule has 0 bridgehead atoms. The summed E-state index contributed by atoms with van der Waals surface area (Å²) in [7, 11) is 0. The average molecular weight is 359 g/mol. The number of piperidine rings is 1. The summed E-state index contributed by atoms with van der Waals surface area (Å²) in [5, 5.41) is 2.98. The number of nitrogens with zero attached hydrogens (tertiary/aromatic N) is 1. The van der Waals surface area contributed by atoms with Crippen LogP contribution in [0.3, 0.4) is 0 Å². The van der Waals surface area contributed by atoms with Gasteiger partial charge in [0.2, 0.25) is 0 Å². The van der Waals surface area contributed by atoms with Gasteiger partial charge in [0.05, 0.1) is 0 Å². The Labute approximate surface area is 155 Å². The van der Waals surface area contributed by atoms with Crippen molar-refractivity contribution in [2.75, 3.05) is 19.7 Å². The summed E-state index contributed by atoms with van der Waals surface area (Å²) in [6.45, 7) is 2.00. The van der Waals surface area contributed by atoms with Crippen LogP contribution in [0, 0.1) is 11.8 Å². The predicted octanol–water partition coefficient (Wildman–Crippen LogP) is 2.66. The van der Waals surface area contributed by atoms with E-state index in [9.17, 15) is 9.59 Å². The zero-order valence-corrected chi connectivity index (χ0v) is 15.3. The number of carbonyl (C=O) groups excluding carboxylic acids is 2. The minimum atomic E-state index is -0.510. The van der Waals surface area contributed by atoms with Gasteiger partial charge in [-0.25, -0.2) is 4.79 Å². The van der Waals surface area contributed by atoms with Crippen LogP contribution in [0.25, 0.3) is 0 Å². The first kappa shape index (κ1) is 18.5. The highest BCUT2D eigenvalue weighted by molar-refractivity contribution is 5.75. The third-order valence-electron chi connectivity index (χ3n) is 5.62. The van der Waals surface area contributed by atoms with Crippen LogP contribution in [-0.4, -0.2) is 36.5 Å². The van der Waals surface area contributed by atoms with Crippen molar-refractivity contribution in [2.24, 2.45) is 17.6 Å². The molecule has 0 radical (unpaired) electrons. The molecule has 26 heavy (non-hydrogen) atoms. The number of ether oxygens (including phenoxy) is 1. The SMILES string of the molecule is NC(=O)COc1cccc(CNC(=O)N2CCC(C3CCCC3)CC2)c1. The lowest BCUT2D eigenvalue weighted by Crippen LogP contribution is -2.45. The molecule has 3 amide bonds. The second-order valence-electron chi connectivity index (χ2n) is 7.43. The van der Waals surface area contributed by atoms with Gasteiger partial charge in [0.15, 0.2) is 6.61 Å². The Bertz CT molecular complexity index is 620. The Morgan fingerprint density at radius 3 is 2.50 bits per heavy atom. The Kier molecular flexibility index (Phi) is 6.36. The van der Waals surface area contributed by atoms with Crippen molar-refractivity contribution in [1.29, 1.82) is 0 Å². The average Bonchev–Trinajstić information content (AvgIpc) is 3.20. The molecule has 142 valence electrons. The van der Waals surface area contributed by atoms with E-state index >= 15 is 0 Å². The molecule has 3 N–H and O–H groups in total. The number of primary amides is 1. The number of hydrogen-bond donors (Lipinski definition) is 2. The molecule has 1 aromatic carbocycles. The van der Waals surface area contributed by atoms with Gasteiger partial charge in [0, 0.05) is 19.6 Å². The number of carbonyl (C=O) groups is 2. The monoisotopic (exact) mass is 359 g/mol. The first-order valence-electron chi connectivity index (χ1n) is 9.64. The Balaban J connectivity index is 1.42. The summed E-state index contributed by atoms with van der Waals surface area (Å²) in [6, 6.07) is 7.34. The maximum atomic E-state index is 12.4. The summed E-state index contributed by atoms with van der Waals surface area (Å²) >= 11 is 0. The molecule has 1 aliphatic carbocycles. The van der Waals surface area contributed by atoms with Crippen molar-refractivity contribution in [3.63, 3.8) is 0 Å². The molecule has 1 aliphatic heterocycles. The molecule has 6 nitrogen and oxygen atoms in total. The third-order valence-corrected chi connectivity index (χ3v) is 5.62. The van der Waals surface area contributed by atoms with Crippen LogP contribution in [-0.2, 0) is 11.3 Å². The molecular formula is C20H29N3O3. The van der Waals surface area contributed by atoms with Crippen molar-refractivity contribution in [1.82, 2.24) is 10.2 Å². The number of urea groups is 1. The van der Waals surface area contributed by atoms with Crippen molar-refractivity contribution in [3.05, 3.63) is 29.8 Å². The second kappa shape index (κ2) is 8.92. The number of nitrogens with one attached hydrogen (secondary N) is 1. The summed E-state index contributed by atoms with van der Waals surface area (Å²) in [4.78, 5) is 25.1. The Morgan fingerprint density at radius 2 is 1.81 bits per heavy atom. The van der Waals surface area contributed by atoms with Crippen LogP contribution in [0.5, 0.6) is 5.75 Å². The predicted molar refractivity (Wildman–Crippen MR) is 99.6 cm³/mol. The van der Waals surface area contributed by atoms with E-state index in [2.05, 4.69) is 5.32 Å². The van der Waals surface area contributed by atoms with E-state index in [1.54, 1.807) is 6.07 Å². The zero-order valence-electron chi connectivity index (χ0n) is 15.3. The van der Waals surface area contributed by atoms with Gasteiger partial charge in [-0.3, -0.25) is 4.79 Å². The maximum Gasteiger partial charge on any atom is 0.317 e. The zero-order chi connectivity index (χ0) is 18.4. The van der Waals surface area contributed by atoms with Crippen LogP contribution >= 0.6 is 0 Å². The molecule has 1 heterocycles. The number of amides is 3. The standard InChI is InChI=1S/C20H29N3O3/c21-19(24)14-26-18-7-3-4-15(12-18)13-22-20(25)23-10-8-17(9-11-23)16-5-1-2-6-16/h3-4,7,12,16-17H,1-2,5-6,8-11,13-14H2,(H2,21,24)(H,22,25). The van der Waals surface area contributed by atoms with E-state index in [1.807, 2.05) is 23.1 Å². The molecule has 1 saturated heterocycles. The van der Waals surface area contributed by atoms with E-state index in [0.717, 1.165) is 43.3 Å². The molecule has 6 heteroatoms. The Hall–Kier alpha value is -2.24. The first-order valence-corrected chi connectivity index (χ1v) is 9.64. The molecule has 0 spiro atoms. The normalized spacial score (nSPS) is 18.7. The fourth-order valence-corrected chi connectivity index (χ4v) is 4.19. The highest BCUT2D eigenvalue weighted by atomic mass is 16.5. The fraction of sp³-hybridized carbons (Fsp3) is 0.600. The molecule has 2 fully saturated rings. The van der Waals surface area contributed by atoms with E-state index in [4.69, 9.17) is 10.5 Å². The van der Waals surface area contributed by atoms with E-state index in [0.29, 0.717) is 12.3 Å². The van der Waals surface area contributed by atoms with Gasteiger partial charge in [-0.05, 0) is 42.4 Å². The van der Waals surface area contributed by atoms with Gasteiger partial charge in [-0.2, -0.15) is 0 Å². The van der Waals surface area contributed by atoms with Crippen LogP contribution in [0.1, 0.15) is 44.1 Å². The number of likely N-dealkylation sites (tertiary alicyclic amines) is 1. The highest BCUT2D eigenvalue weighted by Crippen LogP contribution is 2.36. The van der Waals surface area contributed by atoms with Gasteiger partial charge < -0.3 is 20.7 Å². The topological polar surface area (TPSA) is 84.7 Å². The second-order valence-corrected chi connectivity index (χ2v) is 7.43. The number of nitrogens with two attached hydrogens (primary N) is 1. The van der Waals surface area contributed by atoms with Crippen LogP contribution < -0.4 is 15.8 Å². The lowest BCUT2D eigenvalue weighted by molar-refractivity contribution is -0.119. The number of rotatable bonds is 6. The largest absolute Gasteiger partial charge is 0.484 e. The lowest BCUT2D eigenvalue weighted by Gasteiger charge is -2.34. The van der Waals surface area contributed by atoms with Crippen molar-refractivity contribution in [2.45, 2.75) is 45.1 Å². The molecular weight excluding hydrogens is 330 g/mol. The molecule has 0 unspecified atom stereocenters. The van der Waals surface area contributed by atoms with E-state index in [1.165, 1.54) is 25.7 Å². The smallest absolute Gasteiger partial charge is 0.317 e. The van der Waals surface area contributed by atoms with Crippen molar-refractivity contribution >= 4 is 11.9 Å². The third kappa shape index (κ3) is 5.13. The van der Waals surface area contributed by atoms with E-state index in [-0.39, 0.29) is 12.6 Å². The summed E-state index contributed by atoms with van der Waals surface area (Å²) in [5.41, 5.74) is 6.01. The first-order chi connectivity index (χ1) is 12.6. The van der Waals surface area contributed by atoms with E-state index < -0.39 is 5.91 Å². The number of benzene rings is 1. The van der Waals surface area contributed by atoms with Crippen LogP contribution in [0.2, 0.25) is 0 Å². The van der Waals surface area contributed by atoms with Gasteiger partial charge in [0.25, 0.3) is 5.91 Å². The van der Waals surface area contributed by atoms with Crippen molar-refractivity contribution in [3.8, 4) is 5.75 Å². The molecule has 2 aliphatic rings. The number of hydrogen-bond acceptors (Lipinski definition) is 3. The molecule has 0 atom stereocenters.